The number of aromatic amines is 1. The highest BCUT2D eigenvalue weighted by atomic mass is 16.6. The maximum absolute atomic E-state index is 10.9. The number of non-ortho nitro benzene ring substituents is 1. The Morgan fingerprint density at radius 1 is 1.27 bits per heavy atom. The molecule has 0 saturated heterocycles. The molecule has 0 spiro atoms. The number of H-pyrrole nitrogens is 1. The number of rotatable bonds is 4. The third-order valence-electron chi connectivity index (χ3n) is 3.32. The first kappa shape index (κ1) is 13.7. The topological polar surface area (TPSA) is 110 Å². The highest BCUT2D eigenvalue weighted by Crippen LogP contribution is 2.16. The minimum absolute atomic E-state index is 0.00301. The normalized spacial score (nSPS) is 11.7. The maximum Gasteiger partial charge on any atom is 0.270 e. The molecule has 0 unspecified atom stereocenters. The lowest BCUT2D eigenvalue weighted by Crippen LogP contribution is -2.09. The third kappa shape index (κ3) is 2.64. The van der Waals surface area contributed by atoms with Crippen LogP contribution in [-0.2, 0) is 6.42 Å². The van der Waals surface area contributed by atoms with Crippen molar-refractivity contribution < 1.29 is 4.92 Å². The first-order valence-corrected chi connectivity index (χ1v) is 6.62. The zero-order valence-corrected chi connectivity index (χ0v) is 11.6. The molecular formula is C15H13N5O2. The molecule has 0 saturated carbocycles. The number of para-hydroxylation sites is 2. The lowest BCUT2D eigenvalue weighted by Gasteiger charge is -2.03. The molecule has 1 aromatic heterocycles. The van der Waals surface area contributed by atoms with E-state index >= 15 is 0 Å². The molecule has 0 aliphatic heterocycles. The lowest BCUT2D eigenvalue weighted by molar-refractivity contribution is -0.384. The smallest absolute Gasteiger partial charge is 0.270 e. The fraction of sp³-hybridized carbons (Fsp3) is 0.0667. The molecule has 22 heavy (non-hydrogen) atoms. The van der Waals surface area contributed by atoms with Crippen LogP contribution in [0.1, 0.15) is 11.4 Å². The molecule has 3 N–H and O–H groups in total. The van der Waals surface area contributed by atoms with E-state index in [0.717, 1.165) is 11.0 Å². The molecule has 7 heteroatoms. The number of nitro benzene ring substituents is 1. The van der Waals surface area contributed by atoms with Gasteiger partial charge < -0.3 is 10.8 Å². The lowest BCUT2D eigenvalue weighted by atomic mass is 10.1. The Labute approximate surface area is 125 Å². The van der Waals surface area contributed by atoms with Gasteiger partial charge in [-0.1, -0.05) is 24.3 Å². The van der Waals surface area contributed by atoms with Crippen LogP contribution in [0.4, 0.5) is 5.69 Å². The Hall–Kier alpha value is -3.22. The van der Waals surface area contributed by atoms with Crippen molar-refractivity contribution in [3.63, 3.8) is 0 Å². The van der Waals surface area contributed by atoms with E-state index in [1.807, 2.05) is 24.3 Å². The van der Waals surface area contributed by atoms with E-state index < -0.39 is 4.92 Å². The van der Waals surface area contributed by atoms with Gasteiger partial charge in [-0.15, -0.1) is 0 Å². The van der Waals surface area contributed by atoms with Crippen molar-refractivity contribution in [3.8, 4) is 0 Å². The summed E-state index contributed by atoms with van der Waals surface area (Å²) in [5.74, 6) is 6.15. The van der Waals surface area contributed by atoms with E-state index in [-0.39, 0.29) is 5.69 Å². The number of nitrogens with two attached hydrogens (primary N) is 1. The molecular weight excluding hydrogens is 282 g/mol. The summed E-state index contributed by atoms with van der Waals surface area (Å²) in [4.78, 5) is 18.1. The van der Waals surface area contributed by atoms with Gasteiger partial charge in [0.05, 0.1) is 28.1 Å². The number of nitrogens with one attached hydrogen (secondary N) is 1. The van der Waals surface area contributed by atoms with Gasteiger partial charge in [0.2, 0.25) is 0 Å². The highest BCUT2D eigenvalue weighted by Gasteiger charge is 2.12. The summed E-state index contributed by atoms with van der Waals surface area (Å²) in [6.45, 7) is 0. The van der Waals surface area contributed by atoms with Crippen LogP contribution in [0, 0.1) is 10.1 Å². The van der Waals surface area contributed by atoms with Gasteiger partial charge in [0.15, 0.2) is 0 Å². The number of hydrogen-bond donors (Lipinski definition) is 2. The Balaban J connectivity index is 1.91. The van der Waals surface area contributed by atoms with E-state index in [4.69, 9.17) is 5.84 Å². The largest absolute Gasteiger partial charge is 0.342 e. The van der Waals surface area contributed by atoms with E-state index in [1.165, 1.54) is 12.1 Å². The summed E-state index contributed by atoms with van der Waals surface area (Å²) in [6, 6.07) is 13.9. The molecule has 0 atom stereocenters. The van der Waals surface area contributed by atoms with Crippen LogP contribution in [0.2, 0.25) is 0 Å². The van der Waals surface area contributed by atoms with Crippen molar-refractivity contribution >= 4 is 22.4 Å². The van der Waals surface area contributed by atoms with Gasteiger partial charge in [-0.3, -0.25) is 10.1 Å². The van der Waals surface area contributed by atoms with Gasteiger partial charge in [-0.05, 0) is 12.1 Å². The molecule has 110 valence electrons. The van der Waals surface area contributed by atoms with Gasteiger partial charge in [0, 0.05) is 17.7 Å². The standard InChI is InChI=1S/C15H13N5O2/c16-19-14(10-4-3-5-11(8-10)20(21)22)9-15-17-12-6-1-2-7-13(12)18-15/h1-8H,9,16H2,(H,17,18). The number of nitrogens with zero attached hydrogens (tertiary/aromatic N) is 3. The zero-order valence-electron chi connectivity index (χ0n) is 11.6. The Morgan fingerprint density at radius 2 is 2.09 bits per heavy atom. The Bertz CT molecular complexity index is 836. The molecule has 0 amide bonds. The van der Waals surface area contributed by atoms with Crippen molar-refractivity contribution in [1.82, 2.24) is 9.97 Å². The van der Waals surface area contributed by atoms with Crippen LogP contribution < -0.4 is 5.84 Å². The van der Waals surface area contributed by atoms with Crippen molar-refractivity contribution in [2.75, 3.05) is 0 Å². The molecule has 3 aromatic rings. The molecule has 0 aliphatic rings. The van der Waals surface area contributed by atoms with Crippen LogP contribution in [0.5, 0.6) is 0 Å². The summed E-state index contributed by atoms with van der Waals surface area (Å²) < 4.78 is 0. The van der Waals surface area contributed by atoms with Crippen LogP contribution in [0.25, 0.3) is 11.0 Å². The predicted molar refractivity (Wildman–Crippen MR) is 83.6 cm³/mol. The van der Waals surface area contributed by atoms with Crippen LogP contribution >= 0.6 is 0 Å². The monoisotopic (exact) mass is 295 g/mol. The summed E-state index contributed by atoms with van der Waals surface area (Å²) >= 11 is 0. The second kappa shape index (κ2) is 5.65. The molecule has 0 bridgehead atoms. The highest BCUT2D eigenvalue weighted by molar-refractivity contribution is 6.02. The Kier molecular flexibility index (Phi) is 3.53. The molecule has 7 nitrogen and oxygen atoms in total. The second-order valence-corrected chi connectivity index (χ2v) is 4.76. The molecule has 0 radical (unpaired) electrons. The minimum Gasteiger partial charge on any atom is -0.342 e. The minimum atomic E-state index is -0.446. The maximum atomic E-state index is 10.9. The van der Waals surface area contributed by atoms with E-state index in [1.54, 1.807) is 12.1 Å². The number of hydrogen-bond acceptors (Lipinski definition) is 5. The summed E-state index contributed by atoms with van der Waals surface area (Å²) in [5, 5.41) is 14.6. The third-order valence-corrected chi connectivity index (χ3v) is 3.32. The average Bonchev–Trinajstić information content (AvgIpc) is 2.95. The first-order valence-electron chi connectivity index (χ1n) is 6.62. The van der Waals surface area contributed by atoms with Crippen LogP contribution in [0.3, 0.4) is 0 Å². The van der Waals surface area contributed by atoms with Gasteiger partial charge >= 0.3 is 0 Å². The van der Waals surface area contributed by atoms with Gasteiger partial charge in [0.1, 0.15) is 5.82 Å². The number of fused-ring (bicyclic) bond motifs is 1. The van der Waals surface area contributed by atoms with Crippen LogP contribution in [-0.4, -0.2) is 20.6 Å². The molecule has 2 aromatic carbocycles. The van der Waals surface area contributed by atoms with Gasteiger partial charge in [-0.2, -0.15) is 5.10 Å². The fourth-order valence-electron chi connectivity index (χ4n) is 2.27. The predicted octanol–water partition coefficient (Wildman–Crippen LogP) is 2.38. The number of benzene rings is 2. The van der Waals surface area contributed by atoms with E-state index in [2.05, 4.69) is 15.1 Å². The van der Waals surface area contributed by atoms with Gasteiger partial charge in [-0.25, -0.2) is 4.98 Å². The quantitative estimate of drug-likeness (QED) is 0.333. The molecule has 0 fully saturated rings. The molecule has 3 rings (SSSR count). The van der Waals surface area contributed by atoms with Crippen molar-refractivity contribution in [2.45, 2.75) is 6.42 Å². The zero-order chi connectivity index (χ0) is 15.5. The molecule has 0 aliphatic carbocycles. The van der Waals surface area contributed by atoms with E-state index in [9.17, 15) is 10.1 Å². The van der Waals surface area contributed by atoms with Crippen LogP contribution in [0.15, 0.2) is 53.6 Å². The van der Waals surface area contributed by atoms with Crippen molar-refractivity contribution in [2.24, 2.45) is 10.9 Å². The average molecular weight is 295 g/mol. The summed E-state index contributed by atoms with van der Waals surface area (Å²) in [5.41, 5.74) is 2.92. The first-order chi connectivity index (χ1) is 10.7. The Morgan fingerprint density at radius 3 is 2.82 bits per heavy atom. The number of hydrazone groups is 1. The summed E-state index contributed by atoms with van der Waals surface area (Å²) in [6.07, 6.45) is 0.367. The fourth-order valence-corrected chi connectivity index (χ4v) is 2.27. The van der Waals surface area contributed by atoms with E-state index in [0.29, 0.717) is 23.5 Å². The SMILES string of the molecule is NN=C(Cc1nc2ccccc2[nH]1)c1cccc([N+](=O)[O-])c1. The molecule has 1 heterocycles. The van der Waals surface area contributed by atoms with Crippen molar-refractivity contribution in [1.29, 1.82) is 0 Å². The number of aromatic nitrogens is 2. The van der Waals surface area contributed by atoms with Gasteiger partial charge in [0.25, 0.3) is 5.69 Å². The second-order valence-electron chi connectivity index (χ2n) is 4.76. The number of imidazole rings is 1. The number of nitro groups is 1. The summed E-state index contributed by atoms with van der Waals surface area (Å²) in [7, 11) is 0. The van der Waals surface area contributed by atoms with Crippen molar-refractivity contribution in [3.05, 3.63) is 70.0 Å².